The lowest BCUT2D eigenvalue weighted by Crippen LogP contribution is -2.51. The van der Waals surface area contributed by atoms with Gasteiger partial charge in [0.15, 0.2) is 0 Å². The molecule has 8 heteroatoms. The molecule has 7 nitrogen and oxygen atoms in total. The third-order valence-corrected chi connectivity index (χ3v) is 3.45. The van der Waals surface area contributed by atoms with Gasteiger partial charge in [-0.05, 0) is 40.8 Å². The molecule has 0 spiro atoms. The van der Waals surface area contributed by atoms with Crippen molar-refractivity contribution in [1.29, 1.82) is 0 Å². The minimum atomic E-state index is -1.12. The van der Waals surface area contributed by atoms with Crippen molar-refractivity contribution >= 4 is 46.2 Å². The molecule has 1 aromatic rings. The fourth-order valence-corrected chi connectivity index (χ4v) is 2.30. The van der Waals surface area contributed by atoms with Gasteiger partial charge >= 0.3 is 12.0 Å². The van der Waals surface area contributed by atoms with Gasteiger partial charge in [-0.25, -0.2) is 9.59 Å². The van der Waals surface area contributed by atoms with Crippen molar-refractivity contribution in [2.75, 3.05) is 25.0 Å². The highest BCUT2D eigenvalue weighted by molar-refractivity contribution is 14.1. The van der Waals surface area contributed by atoms with Crippen molar-refractivity contribution in [2.45, 2.75) is 0 Å². The molecule has 0 radical (unpaired) electrons. The van der Waals surface area contributed by atoms with E-state index in [0.717, 1.165) is 3.57 Å². The van der Waals surface area contributed by atoms with Gasteiger partial charge < -0.3 is 20.6 Å². The second-order valence-corrected chi connectivity index (χ2v) is 5.44. The molecule has 0 atom stereocenters. The van der Waals surface area contributed by atoms with Gasteiger partial charge in [-0.1, -0.05) is 0 Å². The largest absolute Gasteiger partial charge is 0.478 e. The summed E-state index contributed by atoms with van der Waals surface area (Å²) in [4.78, 5) is 35.7. The molecule has 3 N–H and O–H groups in total. The lowest BCUT2D eigenvalue weighted by atomic mass is 10.2. The number of hydrogen-bond donors (Lipinski definition) is 3. The number of nitrogens with one attached hydrogen (secondary N) is 2. The first-order chi connectivity index (χ1) is 9.47. The first-order valence-corrected chi connectivity index (χ1v) is 6.90. The topological polar surface area (TPSA) is 98.7 Å². The Balaban J connectivity index is 2.15. The molecule has 1 saturated heterocycles. The van der Waals surface area contributed by atoms with E-state index in [9.17, 15) is 14.4 Å². The number of amides is 3. The number of nitrogens with zero attached hydrogens (tertiary/aromatic N) is 1. The monoisotopic (exact) mass is 389 g/mol. The number of piperazine rings is 1. The predicted molar refractivity (Wildman–Crippen MR) is 79.7 cm³/mol. The van der Waals surface area contributed by atoms with Gasteiger partial charge in [0.25, 0.3) is 0 Å². The lowest BCUT2D eigenvalue weighted by Gasteiger charge is -2.27. The zero-order valence-corrected chi connectivity index (χ0v) is 12.5. The second-order valence-electron chi connectivity index (χ2n) is 4.20. The summed E-state index contributed by atoms with van der Waals surface area (Å²) in [7, 11) is 0. The van der Waals surface area contributed by atoms with E-state index in [-0.39, 0.29) is 23.7 Å². The molecule has 106 valence electrons. The highest BCUT2D eigenvalue weighted by Crippen LogP contribution is 2.19. The number of aromatic carboxylic acids is 1. The first kappa shape index (κ1) is 14.6. The summed E-state index contributed by atoms with van der Waals surface area (Å²) in [6, 6.07) is 4.23. The van der Waals surface area contributed by atoms with Crippen LogP contribution in [0.4, 0.5) is 10.5 Å². The molecular weight excluding hydrogens is 377 g/mol. The Labute approximate surface area is 128 Å². The highest BCUT2D eigenvalue weighted by Gasteiger charge is 2.22. The molecule has 0 aliphatic carbocycles. The van der Waals surface area contributed by atoms with Crippen LogP contribution < -0.4 is 10.6 Å². The first-order valence-electron chi connectivity index (χ1n) is 5.83. The standard InChI is InChI=1S/C12H12IN3O4/c13-7-1-2-9(8(5-7)11(18)19)15-12(20)16-4-3-14-10(17)6-16/h1-2,5H,3-4,6H2,(H,14,17)(H,15,20)(H,18,19). The zero-order chi connectivity index (χ0) is 14.7. The number of rotatable bonds is 2. The maximum atomic E-state index is 12.0. The Hall–Kier alpha value is -1.84. The minimum absolute atomic E-state index is 0.0201. The summed E-state index contributed by atoms with van der Waals surface area (Å²) in [5.74, 6) is -1.34. The van der Waals surface area contributed by atoms with Crippen molar-refractivity contribution in [3.63, 3.8) is 0 Å². The summed E-state index contributed by atoms with van der Waals surface area (Å²) >= 11 is 2.00. The molecule has 3 amide bonds. The maximum Gasteiger partial charge on any atom is 0.337 e. The van der Waals surface area contributed by atoms with E-state index < -0.39 is 12.0 Å². The van der Waals surface area contributed by atoms with Gasteiger partial charge in [0.1, 0.15) is 6.54 Å². The molecule has 20 heavy (non-hydrogen) atoms. The third-order valence-electron chi connectivity index (χ3n) is 2.78. The van der Waals surface area contributed by atoms with E-state index in [1.807, 2.05) is 22.6 Å². The van der Waals surface area contributed by atoms with Crippen LogP contribution in [-0.4, -0.2) is 47.5 Å². The summed E-state index contributed by atoms with van der Waals surface area (Å²) in [6.45, 7) is 0.758. The lowest BCUT2D eigenvalue weighted by molar-refractivity contribution is -0.123. The molecule has 1 aliphatic heterocycles. The van der Waals surface area contributed by atoms with Crippen molar-refractivity contribution in [3.8, 4) is 0 Å². The Kier molecular flexibility index (Phi) is 4.42. The van der Waals surface area contributed by atoms with Gasteiger partial charge in [0, 0.05) is 16.7 Å². The smallest absolute Gasteiger partial charge is 0.337 e. The molecule has 1 fully saturated rings. The molecule has 1 heterocycles. The second kappa shape index (κ2) is 6.07. The fourth-order valence-electron chi connectivity index (χ4n) is 1.81. The fraction of sp³-hybridized carbons (Fsp3) is 0.250. The van der Waals surface area contributed by atoms with Crippen LogP contribution in [-0.2, 0) is 4.79 Å². The van der Waals surface area contributed by atoms with E-state index in [1.54, 1.807) is 6.07 Å². The van der Waals surface area contributed by atoms with Crippen LogP contribution in [0.3, 0.4) is 0 Å². The third kappa shape index (κ3) is 3.38. The van der Waals surface area contributed by atoms with Gasteiger partial charge in [-0.15, -0.1) is 0 Å². The van der Waals surface area contributed by atoms with Crippen LogP contribution in [0.2, 0.25) is 0 Å². The highest BCUT2D eigenvalue weighted by atomic mass is 127. The van der Waals surface area contributed by atoms with E-state index in [2.05, 4.69) is 10.6 Å². The Bertz CT molecular complexity index is 576. The van der Waals surface area contributed by atoms with Gasteiger partial charge in [0.2, 0.25) is 5.91 Å². The van der Waals surface area contributed by atoms with Crippen molar-refractivity contribution in [2.24, 2.45) is 0 Å². The molecule has 1 aliphatic rings. The number of anilines is 1. The molecule has 0 saturated carbocycles. The summed E-state index contributed by atoms with van der Waals surface area (Å²) in [6.07, 6.45) is 0. The van der Waals surface area contributed by atoms with Gasteiger partial charge in [0.05, 0.1) is 11.3 Å². The summed E-state index contributed by atoms with van der Waals surface area (Å²) in [5.41, 5.74) is 0.237. The summed E-state index contributed by atoms with van der Waals surface area (Å²) in [5, 5.41) is 14.3. The number of urea groups is 1. The van der Waals surface area contributed by atoms with Crippen molar-refractivity contribution in [3.05, 3.63) is 27.3 Å². The van der Waals surface area contributed by atoms with Crippen LogP contribution in [0.15, 0.2) is 18.2 Å². The molecule has 2 rings (SSSR count). The van der Waals surface area contributed by atoms with E-state index in [1.165, 1.54) is 17.0 Å². The quantitative estimate of drug-likeness (QED) is 0.657. The zero-order valence-electron chi connectivity index (χ0n) is 10.4. The van der Waals surface area contributed by atoms with Crippen molar-refractivity contribution in [1.82, 2.24) is 10.2 Å². The number of carboxylic acid groups (broad SMARTS) is 1. The van der Waals surface area contributed by atoms with Crippen LogP contribution in [0.1, 0.15) is 10.4 Å². The number of carbonyl (C=O) groups is 3. The molecule has 0 unspecified atom stereocenters. The Morgan fingerprint density at radius 2 is 2.15 bits per heavy atom. The van der Waals surface area contributed by atoms with E-state index in [0.29, 0.717) is 13.1 Å². The average molecular weight is 389 g/mol. The molecule has 1 aromatic carbocycles. The normalized spacial score (nSPS) is 14.7. The molecular formula is C12H12IN3O4. The van der Waals surface area contributed by atoms with Crippen LogP contribution >= 0.6 is 22.6 Å². The van der Waals surface area contributed by atoms with E-state index >= 15 is 0 Å². The number of carbonyl (C=O) groups excluding carboxylic acids is 2. The minimum Gasteiger partial charge on any atom is -0.478 e. The SMILES string of the molecule is O=C1CN(C(=O)Nc2ccc(I)cc2C(=O)O)CCN1. The predicted octanol–water partition coefficient (Wildman–Crippen LogP) is 0.953. The molecule has 0 aromatic heterocycles. The van der Waals surface area contributed by atoms with Crippen molar-refractivity contribution < 1.29 is 19.5 Å². The Morgan fingerprint density at radius 1 is 1.40 bits per heavy atom. The average Bonchev–Trinajstić information content (AvgIpc) is 2.40. The Morgan fingerprint density at radius 3 is 2.80 bits per heavy atom. The number of halogens is 1. The number of benzene rings is 1. The van der Waals surface area contributed by atoms with Crippen LogP contribution in [0.25, 0.3) is 0 Å². The van der Waals surface area contributed by atoms with Gasteiger partial charge in [-0.3, -0.25) is 4.79 Å². The van der Waals surface area contributed by atoms with Crippen LogP contribution in [0.5, 0.6) is 0 Å². The van der Waals surface area contributed by atoms with Crippen LogP contribution in [0, 0.1) is 3.57 Å². The summed E-state index contributed by atoms with van der Waals surface area (Å²) < 4.78 is 0.760. The maximum absolute atomic E-state index is 12.0. The van der Waals surface area contributed by atoms with E-state index in [4.69, 9.17) is 5.11 Å². The molecule has 0 bridgehead atoms. The number of carboxylic acids is 1. The number of hydrogen-bond acceptors (Lipinski definition) is 3. The van der Waals surface area contributed by atoms with Gasteiger partial charge in [-0.2, -0.15) is 0 Å².